The summed E-state index contributed by atoms with van der Waals surface area (Å²) in [6.07, 6.45) is 5.35. The van der Waals surface area contributed by atoms with E-state index >= 15 is 0 Å². The van der Waals surface area contributed by atoms with Crippen molar-refractivity contribution < 1.29 is 0 Å². The topological polar surface area (TPSA) is 83.5 Å². The molecule has 94 valence electrons. The molecule has 8 heteroatoms. The second-order valence-electron chi connectivity index (χ2n) is 4.26. The molecule has 0 amide bonds. The number of aromatic nitrogens is 6. The lowest BCUT2D eigenvalue weighted by molar-refractivity contribution is 0.486. The van der Waals surface area contributed by atoms with Crippen molar-refractivity contribution in [2.24, 2.45) is 0 Å². The van der Waals surface area contributed by atoms with Gasteiger partial charge < -0.3 is 4.90 Å². The van der Waals surface area contributed by atoms with E-state index < -0.39 is 0 Å². The normalized spacial score (nSPS) is 20.1. The number of halogens is 1. The van der Waals surface area contributed by atoms with Gasteiger partial charge in [-0.15, -0.1) is 10.2 Å². The van der Waals surface area contributed by atoms with Gasteiger partial charge in [0.05, 0.1) is 17.4 Å². The molecule has 1 fully saturated rings. The van der Waals surface area contributed by atoms with E-state index in [1.54, 1.807) is 12.4 Å². The maximum atomic E-state index is 5.78. The molecule has 1 saturated heterocycles. The van der Waals surface area contributed by atoms with Crippen LogP contribution < -0.4 is 4.90 Å². The Labute approximate surface area is 109 Å². The molecule has 0 radical (unpaired) electrons. The molecule has 7 nitrogen and oxygen atoms in total. The Bertz CT molecular complexity index is 497. The van der Waals surface area contributed by atoms with Gasteiger partial charge in [-0.2, -0.15) is 5.21 Å². The largest absolute Gasteiger partial charge is 0.340 e. The number of piperidine rings is 1. The van der Waals surface area contributed by atoms with Gasteiger partial charge in [0.25, 0.3) is 0 Å². The summed E-state index contributed by atoms with van der Waals surface area (Å²) in [5.41, 5.74) is 0. The fourth-order valence-corrected chi connectivity index (χ4v) is 2.28. The summed E-state index contributed by atoms with van der Waals surface area (Å²) in [6, 6.07) is 0. The number of nitrogens with zero attached hydrogens (tertiary/aromatic N) is 6. The van der Waals surface area contributed by atoms with Gasteiger partial charge in [-0.05, 0) is 12.8 Å². The first-order valence-electron chi connectivity index (χ1n) is 5.79. The van der Waals surface area contributed by atoms with Crippen molar-refractivity contribution in [3.8, 4) is 0 Å². The van der Waals surface area contributed by atoms with Crippen molar-refractivity contribution in [3.63, 3.8) is 0 Å². The lowest BCUT2D eigenvalue weighted by Gasteiger charge is -2.31. The lowest BCUT2D eigenvalue weighted by atomic mass is 9.98. The number of anilines is 1. The summed E-state index contributed by atoms with van der Waals surface area (Å²) in [7, 11) is 0. The van der Waals surface area contributed by atoms with Crippen molar-refractivity contribution in [2.45, 2.75) is 18.8 Å². The summed E-state index contributed by atoms with van der Waals surface area (Å²) < 4.78 is 0. The molecule has 0 aromatic carbocycles. The fourth-order valence-electron chi connectivity index (χ4n) is 2.18. The van der Waals surface area contributed by atoms with E-state index in [2.05, 4.69) is 35.5 Å². The molecular formula is C10H12ClN7. The average molecular weight is 266 g/mol. The van der Waals surface area contributed by atoms with Crippen LogP contribution in [0, 0.1) is 0 Å². The molecule has 0 unspecified atom stereocenters. The molecule has 1 N–H and O–H groups in total. The zero-order valence-electron chi connectivity index (χ0n) is 9.62. The molecule has 2 aromatic rings. The second kappa shape index (κ2) is 4.85. The number of aromatic amines is 1. The summed E-state index contributed by atoms with van der Waals surface area (Å²) in [6.45, 7) is 1.75. The Kier molecular flexibility index (Phi) is 3.06. The maximum Gasteiger partial charge on any atom is 0.225 e. The molecule has 2 aromatic heterocycles. The zero-order chi connectivity index (χ0) is 12.4. The summed E-state index contributed by atoms with van der Waals surface area (Å²) in [4.78, 5) is 10.6. The van der Waals surface area contributed by atoms with Gasteiger partial charge in [0.1, 0.15) is 0 Å². The monoisotopic (exact) mass is 265 g/mol. The van der Waals surface area contributed by atoms with E-state index in [-0.39, 0.29) is 5.92 Å². The molecule has 0 spiro atoms. The zero-order valence-corrected chi connectivity index (χ0v) is 10.4. The van der Waals surface area contributed by atoms with Crippen LogP contribution in [0.2, 0.25) is 5.02 Å². The highest BCUT2D eigenvalue weighted by atomic mass is 35.5. The van der Waals surface area contributed by atoms with E-state index in [0.29, 0.717) is 11.0 Å². The number of hydrogen-bond acceptors (Lipinski definition) is 6. The maximum absolute atomic E-state index is 5.78. The molecule has 3 rings (SSSR count). The highest BCUT2D eigenvalue weighted by molar-refractivity contribution is 6.30. The van der Waals surface area contributed by atoms with E-state index in [1.807, 2.05) is 0 Å². The number of hydrogen-bond donors (Lipinski definition) is 1. The van der Waals surface area contributed by atoms with E-state index in [0.717, 1.165) is 31.8 Å². The van der Waals surface area contributed by atoms with Crippen LogP contribution in [0.15, 0.2) is 12.4 Å². The Balaban J connectivity index is 1.76. The molecule has 0 bridgehead atoms. The van der Waals surface area contributed by atoms with Crippen LogP contribution in [0.4, 0.5) is 5.95 Å². The first-order valence-corrected chi connectivity index (χ1v) is 6.16. The molecule has 3 heterocycles. The van der Waals surface area contributed by atoms with E-state index in [4.69, 9.17) is 11.6 Å². The van der Waals surface area contributed by atoms with Crippen molar-refractivity contribution in [3.05, 3.63) is 23.2 Å². The standard InChI is InChI=1S/C10H12ClN7/c11-8-4-12-10(13-5-8)18-3-1-2-7(6-18)9-14-16-17-15-9/h4-5,7H,1-3,6H2,(H,14,15,16,17)/t7-/m0/s1. The van der Waals surface area contributed by atoms with Crippen molar-refractivity contribution in [2.75, 3.05) is 18.0 Å². The third kappa shape index (κ3) is 2.26. The summed E-state index contributed by atoms with van der Waals surface area (Å²) >= 11 is 5.78. The quantitative estimate of drug-likeness (QED) is 0.873. The van der Waals surface area contributed by atoms with Crippen LogP contribution in [0.3, 0.4) is 0 Å². The number of nitrogens with one attached hydrogen (secondary N) is 1. The molecular weight excluding hydrogens is 254 g/mol. The van der Waals surface area contributed by atoms with Crippen molar-refractivity contribution in [1.29, 1.82) is 0 Å². The summed E-state index contributed by atoms with van der Waals surface area (Å²) in [5, 5.41) is 14.7. The van der Waals surface area contributed by atoms with Gasteiger partial charge in [-0.1, -0.05) is 16.8 Å². The fraction of sp³-hybridized carbons (Fsp3) is 0.500. The Morgan fingerprint density at radius 3 is 2.89 bits per heavy atom. The Hall–Kier alpha value is -1.76. The van der Waals surface area contributed by atoms with Gasteiger partial charge in [0.2, 0.25) is 5.95 Å². The van der Waals surface area contributed by atoms with Gasteiger partial charge in [0, 0.05) is 19.0 Å². The number of tetrazole rings is 1. The van der Waals surface area contributed by atoms with Gasteiger partial charge >= 0.3 is 0 Å². The van der Waals surface area contributed by atoms with Crippen molar-refractivity contribution >= 4 is 17.5 Å². The number of rotatable bonds is 2. The van der Waals surface area contributed by atoms with Crippen LogP contribution in [-0.2, 0) is 0 Å². The first kappa shape index (κ1) is 11.3. The highest BCUT2D eigenvalue weighted by Gasteiger charge is 2.25. The first-order chi connectivity index (χ1) is 8.83. The van der Waals surface area contributed by atoms with E-state index in [1.165, 1.54) is 0 Å². The number of H-pyrrole nitrogens is 1. The highest BCUT2D eigenvalue weighted by Crippen LogP contribution is 2.25. The summed E-state index contributed by atoms with van der Waals surface area (Å²) in [5.74, 6) is 1.73. The molecule has 1 aliphatic rings. The van der Waals surface area contributed by atoms with Gasteiger partial charge in [0.15, 0.2) is 5.82 Å². The Morgan fingerprint density at radius 2 is 2.17 bits per heavy atom. The molecule has 0 saturated carbocycles. The lowest BCUT2D eigenvalue weighted by Crippen LogP contribution is -2.35. The van der Waals surface area contributed by atoms with Crippen molar-refractivity contribution in [1.82, 2.24) is 30.6 Å². The van der Waals surface area contributed by atoms with Crippen LogP contribution in [-0.4, -0.2) is 43.7 Å². The van der Waals surface area contributed by atoms with Crippen LogP contribution in [0.25, 0.3) is 0 Å². The predicted octanol–water partition coefficient (Wildman–Crippen LogP) is 1.03. The van der Waals surface area contributed by atoms with Crippen LogP contribution in [0.5, 0.6) is 0 Å². The molecule has 1 aliphatic heterocycles. The second-order valence-corrected chi connectivity index (χ2v) is 4.69. The smallest absolute Gasteiger partial charge is 0.225 e. The van der Waals surface area contributed by atoms with Gasteiger partial charge in [-0.25, -0.2) is 9.97 Å². The van der Waals surface area contributed by atoms with Crippen LogP contribution in [0.1, 0.15) is 24.6 Å². The minimum Gasteiger partial charge on any atom is -0.340 e. The van der Waals surface area contributed by atoms with Crippen LogP contribution >= 0.6 is 11.6 Å². The minimum absolute atomic E-state index is 0.275. The third-order valence-corrected chi connectivity index (χ3v) is 3.23. The molecule has 18 heavy (non-hydrogen) atoms. The SMILES string of the molecule is Clc1cnc(N2CCC[C@H](c3nn[nH]n3)C2)nc1. The third-order valence-electron chi connectivity index (χ3n) is 3.04. The molecule has 0 aliphatic carbocycles. The van der Waals surface area contributed by atoms with Gasteiger partial charge in [-0.3, -0.25) is 0 Å². The average Bonchev–Trinajstić information content (AvgIpc) is 2.94. The Morgan fingerprint density at radius 1 is 1.33 bits per heavy atom. The minimum atomic E-state index is 0.275. The van der Waals surface area contributed by atoms with E-state index in [9.17, 15) is 0 Å². The molecule has 1 atom stereocenters. The predicted molar refractivity (Wildman–Crippen MR) is 65.4 cm³/mol.